The highest BCUT2D eigenvalue weighted by molar-refractivity contribution is 7.98. The fraction of sp³-hybridized carbons (Fsp3) is 0.500. The lowest BCUT2D eigenvalue weighted by molar-refractivity contribution is -0.130. The lowest BCUT2D eigenvalue weighted by Gasteiger charge is -2.29. The summed E-state index contributed by atoms with van der Waals surface area (Å²) >= 11 is 1.40. The van der Waals surface area contributed by atoms with Crippen molar-refractivity contribution in [1.82, 2.24) is 14.9 Å². The van der Waals surface area contributed by atoms with Crippen molar-refractivity contribution in [1.29, 1.82) is 0 Å². The number of hydrogen-bond donors (Lipinski definition) is 1. The first-order chi connectivity index (χ1) is 14.0. The van der Waals surface area contributed by atoms with E-state index in [1.54, 1.807) is 4.90 Å². The second-order valence-corrected chi connectivity index (χ2v) is 8.40. The van der Waals surface area contributed by atoms with Crippen molar-refractivity contribution in [3.8, 4) is 0 Å². The van der Waals surface area contributed by atoms with Gasteiger partial charge in [0.05, 0.1) is 0 Å². The number of benzene rings is 1. The van der Waals surface area contributed by atoms with E-state index in [1.807, 2.05) is 20.2 Å². The number of carbonyl (C=O) groups is 1. The maximum absolute atomic E-state index is 12.6. The summed E-state index contributed by atoms with van der Waals surface area (Å²) in [5.41, 5.74) is 3.52. The van der Waals surface area contributed by atoms with Gasteiger partial charge in [0, 0.05) is 50.0 Å². The van der Waals surface area contributed by atoms with Gasteiger partial charge >= 0.3 is 0 Å². The molecule has 0 radical (unpaired) electrons. The van der Waals surface area contributed by atoms with Crippen LogP contribution in [0.1, 0.15) is 42.5 Å². The summed E-state index contributed by atoms with van der Waals surface area (Å²) in [4.78, 5) is 36.1. The maximum atomic E-state index is 12.6. The van der Waals surface area contributed by atoms with Crippen LogP contribution in [-0.2, 0) is 17.8 Å². The number of amides is 1. The van der Waals surface area contributed by atoms with Crippen LogP contribution in [0.2, 0.25) is 0 Å². The summed E-state index contributed by atoms with van der Waals surface area (Å²) in [6.45, 7) is 4.65. The molecular formula is C22H30N4O2S. The molecule has 1 N–H and O–H groups in total. The van der Waals surface area contributed by atoms with Crippen molar-refractivity contribution in [3.63, 3.8) is 0 Å². The van der Waals surface area contributed by atoms with Gasteiger partial charge in [-0.3, -0.25) is 9.59 Å². The zero-order valence-electron chi connectivity index (χ0n) is 17.5. The Balaban J connectivity index is 1.55. The molecule has 7 heteroatoms. The highest BCUT2D eigenvalue weighted by Gasteiger charge is 2.14. The second kappa shape index (κ2) is 9.96. The Labute approximate surface area is 176 Å². The molecule has 6 nitrogen and oxygen atoms in total. The number of aromatic nitrogens is 2. The van der Waals surface area contributed by atoms with Gasteiger partial charge in [-0.2, -0.15) is 0 Å². The minimum Gasteiger partial charge on any atom is -0.372 e. The van der Waals surface area contributed by atoms with Crippen LogP contribution in [0.25, 0.3) is 0 Å². The molecule has 0 atom stereocenters. The summed E-state index contributed by atoms with van der Waals surface area (Å²) in [5, 5.41) is 0.604. The van der Waals surface area contributed by atoms with E-state index < -0.39 is 0 Å². The lowest BCUT2D eigenvalue weighted by atomic mass is 10.1. The smallest absolute Gasteiger partial charge is 0.254 e. The fourth-order valence-electron chi connectivity index (χ4n) is 3.72. The quantitative estimate of drug-likeness (QED) is 0.556. The summed E-state index contributed by atoms with van der Waals surface area (Å²) in [7, 11) is 1.81. The molecule has 1 saturated heterocycles. The van der Waals surface area contributed by atoms with E-state index in [0.717, 1.165) is 18.7 Å². The fourth-order valence-corrected chi connectivity index (χ4v) is 4.15. The second-order valence-electron chi connectivity index (χ2n) is 7.60. The topological polar surface area (TPSA) is 69.3 Å². The number of thioether (sulfide) groups is 1. The third kappa shape index (κ3) is 5.63. The van der Waals surface area contributed by atoms with Crippen molar-refractivity contribution < 1.29 is 4.79 Å². The van der Waals surface area contributed by atoms with Crippen LogP contribution in [0, 0.1) is 6.92 Å². The number of H-pyrrole nitrogens is 1. The summed E-state index contributed by atoms with van der Waals surface area (Å²) in [5.74, 6) is 0.0258. The molecule has 156 valence electrons. The van der Waals surface area contributed by atoms with Crippen LogP contribution < -0.4 is 10.5 Å². The summed E-state index contributed by atoms with van der Waals surface area (Å²) < 4.78 is 0. The van der Waals surface area contributed by atoms with Gasteiger partial charge in [-0.1, -0.05) is 23.9 Å². The Morgan fingerprint density at radius 3 is 2.52 bits per heavy atom. The average Bonchev–Trinajstić information content (AvgIpc) is 2.74. The van der Waals surface area contributed by atoms with Crippen molar-refractivity contribution in [2.75, 3.05) is 31.3 Å². The number of aromatic amines is 1. The Kier molecular flexibility index (Phi) is 7.36. The molecule has 0 spiro atoms. The number of nitrogens with zero attached hydrogens (tertiary/aromatic N) is 3. The van der Waals surface area contributed by atoms with E-state index in [2.05, 4.69) is 39.1 Å². The molecule has 1 aromatic carbocycles. The van der Waals surface area contributed by atoms with E-state index in [1.165, 1.54) is 36.7 Å². The molecule has 1 aliphatic heterocycles. The molecule has 1 aromatic heterocycles. The van der Waals surface area contributed by atoms with Gasteiger partial charge in [0.25, 0.3) is 5.56 Å². The van der Waals surface area contributed by atoms with Crippen molar-refractivity contribution >= 4 is 23.4 Å². The van der Waals surface area contributed by atoms with Crippen LogP contribution in [0.5, 0.6) is 0 Å². The van der Waals surface area contributed by atoms with Crippen LogP contribution in [0.3, 0.4) is 0 Å². The molecule has 0 aliphatic carbocycles. The number of aryl methyl sites for hydroxylation is 1. The average molecular weight is 415 g/mol. The molecule has 29 heavy (non-hydrogen) atoms. The van der Waals surface area contributed by atoms with E-state index in [0.29, 0.717) is 35.8 Å². The first kappa shape index (κ1) is 21.4. The Hall–Kier alpha value is -2.28. The number of carbonyl (C=O) groups excluding carboxylic acids is 1. The zero-order valence-corrected chi connectivity index (χ0v) is 18.3. The number of piperidine rings is 1. The van der Waals surface area contributed by atoms with Crippen molar-refractivity contribution in [2.24, 2.45) is 0 Å². The van der Waals surface area contributed by atoms with Crippen LogP contribution in [0.4, 0.5) is 5.69 Å². The Morgan fingerprint density at radius 1 is 1.21 bits per heavy atom. The highest BCUT2D eigenvalue weighted by atomic mass is 32.2. The molecule has 2 heterocycles. The van der Waals surface area contributed by atoms with E-state index in [-0.39, 0.29) is 11.5 Å². The van der Waals surface area contributed by atoms with Crippen LogP contribution in [-0.4, -0.2) is 47.2 Å². The third-order valence-electron chi connectivity index (χ3n) is 5.49. The van der Waals surface area contributed by atoms with E-state index in [4.69, 9.17) is 0 Å². The largest absolute Gasteiger partial charge is 0.372 e. The maximum Gasteiger partial charge on any atom is 0.254 e. The Morgan fingerprint density at radius 2 is 1.90 bits per heavy atom. The first-order valence-corrected chi connectivity index (χ1v) is 11.4. The molecule has 1 amide bonds. The van der Waals surface area contributed by atoms with Gasteiger partial charge in [-0.25, -0.2) is 4.98 Å². The third-order valence-corrected chi connectivity index (χ3v) is 6.07. The van der Waals surface area contributed by atoms with Crippen LogP contribution >= 0.6 is 11.8 Å². The zero-order chi connectivity index (χ0) is 20.8. The number of nitrogens with one attached hydrogen (secondary N) is 1. The lowest BCUT2D eigenvalue weighted by Crippen LogP contribution is -2.29. The summed E-state index contributed by atoms with van der Waals surface area (Å²) in [6, 6.07) is 8.52. The SMILES string of the molecule is CSc1nc(C)c(CCC(=O)N(C)Cc2ccc(N3CCCCC3)cc2)c(=O)[nH]1. The normalized spacial score (nSPS) is 14.1. The molecule has 1 fully saturated rings. The minimum absolute atomic E-state index is 0.0258. The predicted molar refractivity (Wildman–Crippen MR) is 119 cm³/mol. The van der Waals surface area contributed by atoms with Crippen molar-refractivity contribution in [3.05, 3.63) is 51.4 Å². The van der Waals surface area contributed by atoms with Gasteiger partial charge in [0.15, 0.2) is 5.16 Å². The van der Waals surface area contributed by atoms with Gasteiger partial charge in [-0.05, 0) is 56.6 Å². The molecule has 3 rings (SSSR count). The van der Waals surface area contributed by atoms with Crippen molar-refractivity contribution in [2.45, 2.75) is 50.7 Å². The molecule has 1 aliphatic rings. The van der Waals surface area contributed by atoms with E-state index >= 15 is 0 Å². The van der Waals surface area contributed by atoms with Gasteiger partial charge in [0.1, 0.15) is 0 Å². The Bertz CT molecular complexity index is 889. The monoisotopic (exact) mass is 414 g/mol. The minimum atomic E-state index is -0.148. The first-order valence-electron chi connectivity index (χ1n) is 10.2. The van der Waals surface area contributed by atoms with Gasteiger partial charge in [0.2, 0.25) is 5.91 Å². The number of rotatable bonds is 7. The number of hydrogen-bond acceptors (Lipinski definition) is 5. The molecule has 0 saturated carbocycles. The number of anilines is 1. The standard InChI is InChI=1S/C22H30N4O2S/c1-16-19(21(28)24-22(23-16)29-3)11-12-20(27)25(2)15-17-7-9-18(10-8-17)26-13-5-4-6-14-26/h7-10H,4-6,11-15H2,1-3H3,(H,23,24,28). The van der Waals surface area contributed by atoms with Gasteiger partial charge < -0.3 is 14.8 Å². The molecule has 0 unspecified atom stereocenters. The highest BCUT2D eigenvalue weighted by Crippen LogP contribution is 2.20. The molecular weight excluding hydrogens is 384 g/mol. The predicted octanol–water partition coefficient (Wildman–Crippen LogP) is 3.38. The summed E-state index contributed by atoms with van der Waals surface area (Å²) in [6.07, 6.45) is 6.42. The van der Waals surface area contributed by atoms with E-state index in [9.17, 15) is 9.59 Å². The van der Waals surface area contributed by atoms with Gasteiger partial charge in [-0.15, -0.1) is 0 Å². The molecule has 2 aromatic rings. The van der Waals surface area contributed by atoms with Crippen LogP contribution in [0.15, 0.2) is 34.2 Å². The molecule has 0 bridgehead atoms.